The largest absolute Gasteiger partial charge is 0.496 e. The molecule has 2 aliphatic heterocycles. The van der Waals surface area contributed by atoms with Crippen LogP contribution in [0.25, 0.3) is 0 Å². The Hall–Kier alpha value is -2.57. The molecule has 0 radical (unpaired) electrons. The van der Waals surface area contributed by atoms with E-state index in [1.807, 2.05) is 30.0 Å². The van der Waals surface area contributed by atoms with Gasteiger partial charge in [0, 0.05) is 42.5 Å². The third-order valence-corrected chi connectivity index (χ3v) is 5.54. The Kier molecular flexibility index (Phi) is 5.01. The van der Waals surface area contributed by atoms with E-state index in [-0.39, 0.29) is 11.9 Å². The fourth-order valence-electron chi connectivity index (χ4n) is 3.87. The van der Waals surface area contributed by atoms with E-state index in [0.29, 0.717) is 5.92 Å². The number of carbonyl (C=O) groups excluding carboxylic acids is 1. The fourth-order valence-corrected chi connectivity index (χ4v) is 3.87. The summed E-state index contributed by atoms with van der Waals surface area (Å²) in [4.78, 5) is 14.8. The first-order valence-corrected chi connectivity index (χ1v) is 9.44. The van der Waals surface area contributed by atoms with Gasteiger partial charge in [-0.2, -0.15) is 0 Å². The number of hydrazine groups is 1. The van der Waals surface area contributed by atoms with E-state index in [1.165, 1.54) is 5.56 Å². The summed E-state index contributed by atoms with van der Waals surface area (Å²) in [6, 6.07) is 14.0. The third kappa shape index (κ3) is 3.50. The number of anilines is 2. The van der Waals surface area contributed by atoms with Gasteiger partial charge in [0.05, 0.1) is 7.11 Å². The van der Waals surface area contributed by atoms with Crippen molar-refractivity contribution in [1.29, 1.82) is 0 Å². The number of carbonyl (C=O) groups is 1. The lowest BCUT2D eigenvalue weighted by atomic mass is 10.00. The van der Waals surface area contributed by atoms with Gasteiger partial charge >= 0.3 is 0 Å². The SMILES string of the molecule is COc1cccc(NC2CCN(c3ccc(C4CNNC4)cc3)C2=O)c1C. The highest BCUT2D eigenvalue weighted by molar-refractivity contribution is 6.01. The Labute approximate surface area is 159 Å². The molecule has 3 N–H and O–H groups in total. The van der Waals surface area contributed by atoms with Gasteiger partial charge in [-0.05, 0) is 43.2 Å². The molecular weight excluding hydrogens is 340 g/mol. The Morgan fingerprint density at radius 2 is 1.85 bits per heavy atom. The van der Waals surface area contributed by atoms with Crippen molar-refractivity contribution in [3.63, 3.8) is 0 Å². The Bertz CT molecular complexity index is 815. The van der Waals surface area contributed by atoms with Crippen LogP contribution < -0.4 is 25.8 Å². The highest BCUT2D eigenvalue weighted by Crippen LogP contribution is 2.29. The highest BCUT2D eigenvalue weighted by Gasteiger charge is 2.33. The number of rotatable bonds is 5. The van der Waals surface area contributed by atoms with E-state index in [4.69, 9.17) is 4.74 Å². The van der Waals surface area contributed by atoms with Crippen LogP contribution in [-0.4, -0.2) is 38.7 Å². The number of nitrogens with zero attached hydrogens (tertiary/aromatic N) is 1. The Balaban J connectivity index is 1.45. The third-order valence-electron chi connectivity index (χ3n) is 5.54. The first-order chi connectivity index (χ1) is 13.2. The molecule has 1 unspecified atom stereocenters. The lowest BCUT2D eigenvalue weighted by Crippen LogP contribution is -2.33. The minimum absolute atomic E-state index is 0.120. The van der Waals surface area contributed by atoms with Gasteiger partial charge < -0.3 is 15.0 Å². The first kappa shape index (κ1) is 17.8. The molecule has 2 fully saturated rings. The number of nitrogens with one attached hydrogen (secondary N) is 3. The molecule has 6 nitrogen and oxygen atoms in total. The van der Waals surface area contributed by atoms with E-state index in [2.05, 4.69) is 40.4 Å². The van der Waals surface area contributed by atoms with E-state index in [0.717, 1.165) is 48.7 Å². The van der Waals surface area contributed by atoms with Crippen molar-refractivity contribution >= 4 is 17.3 Å². The number of ether oxygens (including phenoxy) is 1. The molecule has 2 aliphatic rings. The predicted octanol–water partition coefficient (Wildman–Crippen LogP) is 2.41. The number of methoxy groups -OCH3 is 1. The number of benzene rings is 2. The zero-order valence-corrected chi connectivity index (χ0v) is 15.8. The van der Waals surface area contributed by atoms with E-state index in [1.54, 1.807) is 7.11 Å². The van der Waals surface area contributed by atoms with Crippen molar-refractivity contribution in [2.45, 2.75) is 25.3 Å². The van der Waals surface area contributed by atoms with Crippen molar-refractivity contribution in [3.05, 3.63) is 53.6 Å². The second-order valence-electron chi connectivity index (χ2n) is 7.16. The number of hydrogen-bond donors (Lipinski definition) is 3. The summed E-state index contributed by atoms with van der Waals surface area (Å²) in [5, 5.41) is 3.40. The van der Waals surface area contributed by atoms with Gasteiger partial charge in [-0.3, -0.25) is 15.6 Å². The molecule has 2 saturated heterocycles. The zero-order valence-electron chi connectivity index (χ0n) is 15.8. The standard InChI is InChI=1S/C21H26N4O2/c1-14-18(4-3-5-20(14)27-2)24-19-10-11-25(21(19)26)17-8-6-15(7-9-17)16-12-22-23-13-16/h3-9,16,19,22-24H,10-13H2,1-2H3. The zero-order chi connectivity index (χ0) is 18.8. The van der Waals surface area contributed by atoms with Gasteiger partial charge in [0.2, 0.25) is 5.91 Å². The summed E-state index contributed by atoms with van der Waals surface area (Å²) in [7, 11) is 1.66. The number of amides is 1. The minimum Gasteiger partial charge on any atom is -0.496 e. The molecule has 27 heavy (non-hydrogen) atoms. The number of hydrogen-bond acceptors (Lipinski definition) is 5. The van der Waals surface area contributed by atoms with Crippen LogP contribution in [0.2, 0.25) is 0 Å². The van der Waals surface area contributed by atoms with Gasteiger partial charge in [-0.15, -0.1) is 0 Å². The molecule has 6 heteroatoms. The maximum Gasteiger partial charge on any atom is 0.249 e. The van der Waals surface area contributed by atoms with Crippen molar-refractivity contribution in [1.82, 2.24) is 10.9 Å². The fraction of sp³-hybridized carbons (Fsp3) is 0.381. The van der Waals surface area contributed by atoms with Gasteiger partial charge in [-0.1, -0.05) is 18.2 Å². The van der Waals surface area contributed by atoms with Crippen LogP contribution in [-0.2, 0) is 4.79 Å². The Morgan fingerprint density at radius 1 is 1.11 bits per heavy atom. The average molecular weight is 366 g/mol. The molecule has 0 spiro atoms. The summed E-state index contributed by atoms with van der Waals surface area (Å²) >= 11 is 0. The summed E-state index contributed by atoms with van der Waals surface area (Å²) in [6.07, 6.45) is 0.785. The molecule has 2 aromatic carbocycles. The molecule has 4 rings (SSSR count). The summed E-state index contributed by atoms with van der Waals surface area (Å²) < 4.78 is 5.38. The highest BCUT2D eigenvalue weighted by atomic mass is 16.5. The molecule has 0 aliphatic carbocycles. The van der Waals surface area contributed by atoms with Gasteiger partial charge in [0.1, 0.15) is 11.8 Å². The van der Waals surface area contributed by atoms with Crippen LogP contribution >= 0.6 is 0 Å². The lowest BCUT2D eigenvalue weighted by Gasteiger charge is -2.20. The molecule has 1 amide bonds. The van der Waals surface area contributed by atoms with Crippen LogP contribution in [0.5, 0.6) is 5.75 Å². The smallest absolute Gasteiger partial charge is 0.249 e. The normalized spacial score (nSPS) is 20.3. The average Bonchev–Trinajstić information content (AvgIpc) is 3.35. The van der Waals surface area contributed by atoms with Gasteiger partial charge in [-0.25, -0.2) is 0 Å². The second-order valence-corrected chi connectivity index (χ2v) is 7.16. The second kappa shape index (κ2) is 7.58. The Morgan fingerprint density at radius 3 is 2.56 bits per heavy atom. The van der Waals surface area contributed by atoms with E-state index < -0.39 is 0 Å². The molecule has 0 bridgehead atoms. The van der Waals surface area contributed by atoms with Gasteiger partial charge in [0.15, 0.2) is 0 Å². The van der Waals surface area contributed by atoms with Crippen molar-refractivity contribution in [2.75, 3.05) is 37.0 Å². The van der Waals surface area contributed by atoms with Crippen LogP contribution in [0, 0.1) is 6.92 Å². The van der Waals surface area contributed by atoms with Crippen LogP contribution in [0.1, 0.15) is 23.5 Å². The molecule has 142 valence electrons. The van der Waals surface area contributed by atoms with Crippen LogP contribution in [0.15, 0.2) is 42.5 Å². The molecule has 1 atom stereocenters. The van der Waals surface area contributed by atoms with Gasteiger partial charge in [0.25, 0.3) is 0 Å². The monoisotopic (exact) mass is 366 g/mol. The summed E-state index contributed by atoms with van der Waals surface area (Å²) in [5.74, 6) is 1.43. The predicted molar refractivity (Wildman–Crippen MR) is 107 cm³/mol. The maximum atomic E-state index is 12.9. The molecule has 2 aromatic rings. The van der Waals surface area contributed by atoms with Crippen LogP contribution in [0.3, 0.4) is 0 Å². The minimum atomic E-state index is -0.210. The van der Waals surface area contributed by atoms with Crippen molar-refractivity contribution in [2.24, 2.45) is 0 Å². The first-order valence-electron chi connectivity index (χ1n) is 9.44. The summed E-state index contributed by atoms with van der Waals surface area (Å²) in [5.41, 5.74) is 10.6. The van der Waals surface area contributed by atoms with E-state index >= 15 is 0 Å². The van der Waals surface area contributed by atoms with Crippen molar-refractivity contribution in [3.8, 4) is 5.75 Å². The lowest BCUT2D eigenvalue weighted by molar-refractivity contribution is -0.117. The van der Waals surface area contributed by atoms with Crippen LogP contribution in [0.4, 0.5) is 11.4 Å². The molecule has 2 heterocycles. The molecule has 0 saturated carbocycles. The maximum absolute atomic E-state index is 12.9. The molecular formula is C21H26N4O2. The quantitative estimate of drug-likeness (QED) is 0.758. The van der Waals surface area contributed by atoms with Crippen molar-refractivity contribution < 1.29 is 9.53 Å². The summed E-state index contributed by atoms with van der Waals surface area (Å²) in [6.45, 7) is 4.61. The topological polar surface area (TPSA) is 65.6 Å². The molecule has 0 aromatic heterocycles. The van der Waals surface area contributed by atoms with E-state index in [9.17, 15) is 4.79 Å².